The van der Waals surface area contributed by atoms with E-state index in [4.69, 9.17) is 5.26 Å². The fraction of sp³-hybridized carbons (Fsp3) is 0.136. The largest absolute Gasteiger partial charge is 0.478 e. The van der Waals surface area contributed by atoms with Crippen molar-refractivity contribution in [2.24, 2.45) is 0 Å². The molecule has 4 rings (SSSR count). The predicted molar refractivity (Wildman–Crippen MR) is 114 cm³/mol. The van der Waals surface area contributed by atoms with Crippen LogP contribution in [-0.2, 0) is 11.2 Å². The Bertz CT molecular complexity index is 1220. The second kappa shape index (κ2) is 8.51. The van der Waals surface area contributed by atoms with Crippen LogP contribution in [0.3, 0.4) is 0 Å². The fourth-order valence-electron chi connectivity index (χ4n) is 3.37. The second-order valence-electron chi connectivity index (χ2n) is 6.97. The number of aryl methyl sites for hydroxylation is 1. The van der Waals surface area contributed by atoms with Crippen LogP contribution < -0.4 is 10.6 Å². The molecule has 1 aromatic carbocycles. The van der Waals surface area contributed by atoms with Crippen LogP contribution >= 0.6 is 0 Å². The predicted octanol–water partition coefficient (Wildman–Crippen LogP) is 2.91. The summed E-state index contributed by atoms with van der Waals surface area (Å²) >= 11 is 0. The molecule has 31 heavy (non-hydrogen) atoms. The van der Waals surface area contributed by atoms with Crippen molar-refractivity contribution in [3.63, 3.8) is 0 Å². The van der Waals surface area contributed by atoms with Crippen molar-refractivity contribution in [3.05, 3.63) is 70.9 Å². The number of benzene rings is 1. The van der Waals surface area contributed by atoms with Gasteiger partial charge in [-0.15, -0.1) is 0 Å². The van der Waals surface area contributed by atoms with Gasteiger partial charge in [0, 0.05) is 24.0 Å². The minimum atomic E-state index is -1.14. The zero-order valence-electron chi connectivity index (χ0n) is 16.3. The lowest BCUT2D eigenvalue weighted by Gasteiger charge is -2.09. The molecule has 3 aromatic rings. The molecule has 0 saturated carbocycles. The van der Waals surface area contributed by atoms with E-state index in [1.807, 2.05) is 24.3 Å². The third-order valence-corrected chi connectivity index (χ3v) is 4.87. The van der Waals surface area contributed by atoms with Gasteiger partial charge in [0.1, 0.15) is 17.5 Å². The van der Waals surface area contributed by atoms with Crippen molar-refractivity contribution < 1.29 is 14.7 Å². The molecule has 0 fully saturated rings. The molecule has 9 nitrogen and oxygen atoms in total. The molecule has 1 aliphatic rings. The van der Waals surface area contributed by atoms with Gasteiger partial charge in [-0.3, -0.25) is 4.79 Å². The zero-order valence-corrected chi connectivity index (χ0v) is 16.3. The lowest BCUT2D eigenvalue weighted by molar-refractivity contribution is -0.110. The highest BCUT2D eigenvalue weighted by molar-refractivity contribution is 6.34. The summed E-state index contributed by atoms with van der Waals surface area (Å²) in [6, 6.07) is 9.03. The van der Waals surface area contributed by atoms with Crippen LogP contribution in [-0.4, -0.2) is 38.5 Å². The Morgan fingerprint density at radius 3 is 2.90 bits per heavy atom. The lowest BCUT2D eigenvalue weighted by atomic mass is 10.0. The van der Waals surface area contributed by atoms with Crippen molar-refractivity contribution in [2.45, 2.75) is 12.8 Å². The number of fused-ring (bicyclic) bond motifs is 1. The summed E-state index contributed by atoms with van der Waals surface area (Å²) in [4.78, 5) is 34.6. The second-order valence-corrected chi connectivity index (χ2v) is 6.97. The first kappa shape index (κ1) is 19.8. The van der Waals surface area contributed by atoms with Crippen molar-refractivity contribution in [2.75, 3.05) is 17.2 Å². The quantitative estimate of drug-likeness (QED) is 0.344. The number of H-pyrrole nitrogens is 1. The molecule has 1 aliphatic heterocycles. The molecule has 0 radical (unpaired) electrons. The van der Waals surface area contributed by atoms with E-state index in [1.54, 1.807) is 18.6 Å². The molecule has 4 N–H and O–H groups in total. The molecule has 9 heteroatoms. The van der Waals surface area contributed by atoms with E-state index in [2.05, 4.69) is 25.6 Å². The van der Waals surface area contributed by atoms with Crippen molar-refractivity contribution in [1.82, 2.24) is 15.0 Å². The van der Waals surface area contributed by atoms with Gasteiger partial charge in [-0.25, -0.2) is 14.8 Å². The van der Waals surface area contributed by atoms with Gasteiger partial charge in [-0.2, -0.15) is 5.26 Å². The van der Waals surface area contributed by atoms with Gasteiger partial charge in [0.05, 0.1) is 29.4 Å². The number of anilines is 2. The number of amides is 1. The molecule has 0 atom stereocenters. The molecule has 2 aromatic heterocycles. The number of aromatic nitrogens is 3. The first-order valence-electron chi connectivity index (χ1n) is 9.57. The third-order valence-electron chi connectivity index (χ3n) is 4.87. The summed E-state index contributed by atoms with van der Waals surface area (Å²) in [7, 11) is 0. The minimum Gasteiger partial charge on any atom is -0.478 e. The number of imidazole rings is 1. The average molecular weight is 414 g/mol. The van der Waals surface area contributed by atoms with E-state index in [1.165, 1.54) is 12.3 Å². The first-order valence-corrected chi connectivity index (χ1v) is 9.57. The van der Waals surface area contributed by atoms with E-state index in [0.717, 1.165) is 35.3 Å². The van der Waals surface area contributed by atoms with Crippen molar-refractivity contribution in [1.29, 1.82) is 5.26 Å². The maximum Gasteiger partial charge on any atom is 0.339 e. The maximum absolute atomic E-state index is 12.3. The number of hydrogen-bond donors (Lipinski definition) is 4. The first-order chi connectivity index (χ1) is 15.0. The molecular weight excluding hydrogens is 396 g/mol. The third kappa shape index (κ3) is 4.28. The number of rotatable bonds is 7. The number of aromatic carboxylic acids is 1. The summed E-state index contributed by atoms with van der Waals surface area (Å²) in [5.41, 5.74) is 4.17. The number of hydrogen-bond acceptors (Lipinski definition) is 6. The van der Waals surface area contributed by atoms with Crippen LogP contribution in [0.2, 0.25) is 0 Å². The lowest BCUT2D eigenvalue weighted by Crippen LogP contribution is -2.10. The van der Waals surface area contributed by atoms with Gasteiger partial charge in [0.25, 0.3) is 5.91 Å². The number of aromatic amines is 1. The molecule has 1 amide bonds. The highest BCUT2D eigenvalue weighted by atomic mass is 16.4. The van der Waals surface area contributed by atoms with Gasteiger partial charge in [0.15, 0.2) is 0 Å². The molecule has 154 valence electrons. The number of nitriles is 1. The fourth-order valence-corrected chi connectivity index (χ4v) is 3.37. The number of carbonyl (C=O) groups is 2. The normalized spacial score (nSPS) is 13.5. The van der Waals surface area contributed by atoms with Gasteiger partial charge in [-0.1, -0.05) is 12.1 Å². The molecular formula is C22H18N6O3. The van der Waals surface area contributed by atoms with Crippen LogP contribution in [0.1, 0.15) is 39.2 Å². The van der Waals surface area contributed by atoms with Crippen LogP contribution in [0.25, 0.3) is 11.6 Å². The van der Waals surface area contributed by atoms with Gasteiger partial charge >= 0.3 is 5.97 Å². The summed E-state index contributed by atoms with van der Waals surface area (Å²) in [5, 5.41) is 24.1. The summed E-state index contributed by atoms with van der Waals surface area (Å²) in [6.07, 6.45) is 7.77. The van der Waals surface area contributed by atoms with E-state index in [0.29, 0.717) is 12.1 Å². The summed E-state index contributed by atoms with van der Waals surface area (Å²) in [6.45, 7) is 0.508. The number of nitrogens with zero attached hydrogens (tertiary/aromatic N) is 3. The van der Waals surface area contributed by atoms with Crippen molar-refractivity contribution in [3.8, 4) is 6.07 Å². The molecule has 0 aliphatic carbocycles. The summed E-state index contributed by atoms with van der Waals surface area (Å²) in [5.74, 6) is -1.06. The Morgan fingerprint density at radius 2 is 2.16 bits per heavy atom. The van der Waals surface area contributed by atoms with Crippen LogP contribution in [0, 0.1) is 11.3 Å². The molecule has 0 unspecified atom stereocenters. The van der Waals surface area contributed by atoms with E-state index >= 15 is 0 Å². The Morgan fingerprint density at radius 1 is 1.29 bits per heavy atom. The smallest absolute Gasteiger partial charge is 0.339 e. The van der Waals surface area contributed by atoms with Gasteiger partial charge < -0.3 is 20.7 Å². The number of pyridine rings is 1. The number of carboxylic acid groups (broad SMARTS) is 1. The SMILES string of the molecule is N#Cc1cnc(NCCCc2ccc3c(c2)NC(=O)/C3=C\c2cnc[nH]2)c(C(=O)O)c1. The van der Waals surface area contributed by atoms with E-state index in [-0.39, 0.29) is 22.9 Å². The average Bonchev–Trinajstić information content (AvgIpc) is 3.39. The van der Waals surface area contributed by atoms with Gasteiger partial charge in [-0.05, 0) is 36.6 Å². The standard InChI is InChI=1S/C22H18N6O3/c23-9-14-6-18(22(30)31)20(26-10-14)25-5-1-2-13-3-4-16-17(8-15-11-24-12-27-15)21(29)28-19(16)7-13/h3-4,6-8,10-12H,1-2,5H2,(H,24,27)(H,25,26)(H,28,29)(H,30,31)/b17-8-. The molecule has 0 bridgehead atoms. The molecule has 0 spiro atoms. The Labute approximate surface area is 177 Å². The van der Waals surface area contributed by atoms with E-state index in [9.17, 15) is 14.7 Å². The van der Waals surface area contributed by atoms with E-state index < -0.39 is 5.97 Å². The van der Waals surface area contributed by atoms with Crippen LogP contribution in [0.5, 0.6) is 0 Å². The Hall–Kier alpha value is -4.45. The Kier molecular flexibility index (Phi) is 5.45. The summed E-state index contributed by atoms with van der Waals surface area (Å²) < 4.78 is 0. The number of carbonyl (C=O) groups excluding carboxylic acids is 1. The minimum absolute atomic E-state index is 0.0316. The zero-order chi connectivity index (χ0) is 21.8. The number of nitrogens with one attached hydrogen (secondary N) is 3. The van der Waals surface area contributed by atoms with Crippen LogP contribution in [0.4, 0.5) is 11.5 Å². The molecule has 3 heterocycles. The highest BCUT2D eigenvalue weighted by Gasteiger charge is 2.24. The maximum atomic E-state index is 12.3. The highest BCUT2D eigenvalue weighted by Crippen LogP contribution is 2.33. The molecule has 0 saturated heterocycles. The van der Waals surface area contributed by atoms with Crippen LogP contribution in [0.15, 0.2) is 43.0 Å². The number of carboxylic acids is 1. The van der Waals surface area contributed by atoms with Gasteiger partial charge in [0.2, 0.25) is 0 Å². The van der Waals surface area contributed by atoms with Crippen molar-refractivity contribution >= 4 is 35.0 Å². The Balaban J connectivity index is 1.39. The monoisotopic (exact) mass is 414 g/mol. The topological polar surface area (TPSA) is 144 Å².